The molecule has 0 bridgehead atoms. The van der Waals surface area contributed by atoms with E-state index in [0.717, 1.165) is 11.1 Å². The number of carbonyl (C=O) groups is 1. The van der Waals surface area contributed by atoms with Crippen molar-refractivity contribution in [3.05, 3.63) is 45.6 Å². The molecule has 0 amide bonds. The van der Waals surface area contributed by atoms with Crippen molar-refractivity contribution in [3.8, 4) is 0 Å². The van der Waals surface area contributed by atoms with Gasteiger partial charge in [-0.05, 0) is 24.0 Å². The van der Waals surface area contributed by atoms with Gasteiger partial charge in [-0.3, -0.25) is 19.9 Å². The van der Waals surface area contributed by atoms with E-state index in [1.807, 2.05) is 13.8 Å². The van der Waals surface area contributed by atoms with Gasteiger partial charge in [-0.25, -0.2) is 0 Å². The first kappa shape index (κ1) is 12.7. The minimum Gasteiger partial charge on any atom is -0.294 e. The van der Waals surface area contributed by atoms with E-state index in [-0.39, 0.29) is 16.9 Å². The topological polar surface area (TPSA) is 73.1 Å². The van der Waals surface area contributed by atoms with E-state index in [9.17, 15) is 14.9 Å². The Morgan fingerprint density at radius 1 is 1.25 bits per heavy atom. The number of pyridine rings is 1. The van der Waals surface area contributed by atoms with E-state index in [2.05, 4.69) is 4.98 Å². The fourth-order valence-corrected chi connectivity index (χ4v) is 2.73. The van der Waals surface area contributed by atoms with Crippen LogP contribution in [0.2, 0.25) is 0 Å². The van der Waals surface area contributed by atoms with Crippen LogP contribution in [-0.2, 0) is 6.42 Å². The van der Waals surface area contributed by atoms with Gasteiger partial charge in [0.2, 0.25) is 0 Å². The van der Waals surface area contributed by atoms with Crippen molar-refractivity contribution in [2.75, 3.05) is 0 Å². The molecule has 1 aromatic carbocycles. The maximum Gasteiger partial charge on any atom is 0.271 e. The minimum absolute atomic E-state index is 0.0198. The van der Waals surface area contributed by atoms with Crippen molar-refractivity contribution in [2.45, 2.75) is 26.7 Å². The zero-order chi connectivity index (χ0) is 14.5. The van der Waals surface area contributed by atoms with E-state index >= 15 is 0 Å². The lowest BCUT2D eigenvalue weighted by Gasteiger charge is -2.29. The third kappa shape index (κ3) is 2.05. The van der Waals surface area contributed by atoms with E-state index < -0.39 is 4.92 Å². The molecule has 0 atom stereocenters. The first-order valence-electron chi connectivity index (χ1n) is 6.47. The summed E-state index contributed by atoms with van der Waals surface area (Å²) in [6, 6.07) is 6.35. The third-order valence-electron chi connectivity index (χ3n) is 3.68. The molecule has 5 heteroatoms. The monoisotopic (exact) mass is 270 g/mol. The number of aromatic nitrogens is 1. The number of hydrogen-bond acceptors (Lipinski definition) is 4. The normalized spacial score (nSPS) is 17.0. The van der Waals surface area contributed by atoms with Crippen LogP contribution >= 0.6 is 0 Å². The second-order valence-corrected chi connectivity index (χ2v) is 6.06. The van der Waals surface area contributed by atoms with Gasteiger partial charge in [0.15, 0.2) is 5.78 Å². The Kier molecular flexibility index (Phi) is 2.61. The highest BCUT2D eigenvalue weighted by atomic mass is 16.6. The fraction of sp³-hybridized carbons (Fsp3) is 0.333. The molecule has 1 aliphatic rings. The number of hydrogen-bond donors (Lipinski definition) is 0. The number of nitrogens with zero attached hydrogens (tertiary/aromatic N) is 2. The summed E-state index contributed by atoms with van der Waals surface area (Å²) in [5, 5.41) is 11.6. The Labute approximate surface area is 115 Å². The van der Waals surface area contributed by atoms with Crippen LogP contribution in [0.5, 0.6) is 0 Å². The van der Waals surface area contributed by atoms with Gasteiger partial charge in [0, 0.05) is 29.5 Å². The second-order valence-electron chi connectivity index (χ2n) is 6.06. The van der Waals surface area contributed by atoms with Gasteiger partial charge in [-0.1, -0.05) is 13.8 Å². The Balaban J connectivity index is 2.21. The van der Waals surface area contributed by atoms with Gasteiger partial charge >= 0.3 is 0 Å². The van der Waals surface area contributed by atoms with Gasteiger partial charge in [0.05, 0.1) is 16.1 Å². The van der Waals surface area contributed by atoms with Crippen LogP contribution in [0, 0.1) is 15.5 Å². The number of carbonyl (C=O) groups excluding carboxylic acids is 1. The lowest BCUT2D eigenvalue weighted by molar-refractivity contribution is -0.384. The van der Waals surface area contributed by atoms with Crippen LogP contribution < -0.4 is 0 Å². The quantitative estimate of drug-likeness (QED) is 0.588. The first-order valence-corrected chi connectivity index (χ1v) is 6.47. The zero-order valence-corrected chi connectivity index (χ0v) is 11.3. The van der Waals surface area contributed by atoms with Crippen LogP contribution in [0.4, 0.5) is 5.69 Å². The molecule has 0 saturated heterocycles. The van der Waals surface area contributed by atoms with E-state index in [1.165, 1.54) is 12.1 Å². The standard InChI is InChI=1S/C15H14N2O3/c1-15(2)7-13-11(14(18)8-15)5-9-3-4-10(17(19)20)6-12(9)16-13/h3-6H,7-8H2,1-2H3. The average Bonchev–Trinajstić information content (AvgIpc) is 2.34. The maximum absolute atomic E-state index is 12.2. The SMILES string of the molecule is CC1(C)CC(=O)c2cc3ccc([N+](=O)[O-])cc3nc2C1. The first-order chi connectivity index (χ1) is 9.35. The van der Waals surface area contributed by atoms with Crippen molar-refractivity contribution >= 4 is 22.4 Å². The smallest absolute Gasteiger partial charge is 0.271 e. The number of rotatable bonds is 1. The number of Topliss-reactive ketones (excluding diaryl/α,β-unsaturated/α-hetero) is 1. The summed E-state index contributed by atoms with van der Waals surface area (Å²) >= 11 is 0. The summed E-state index contributed by atoms with van der Waals surface area (Å²) in [5.41, 5.74) is 1.89. The predicted octanol–water partition coefficient (Wildman–Crippen LogP) is 3.30. The van der Waals surface area contributed by atoms with E-state index in [0.29, 0.717) is 23.9 Å². The molecule has 1 aromatic heterocycles. The third-order valence-corrected chi connectivity index (χ3v) is 3.68. The highest BCUT2D eigenvalue weighted by molar-refractivity contribution is 6.01. The van der Waals surface area contributed by atoms with Crippen molar-refractivity contribution in [2.24, 2.45) is 5.41 Å². The molecule has 0 fully saturated rings. The molecule has 0 N–H and O–H groups in total. The Morgan fingerprint density at radius 2 is 2.00 bits per heavy atom. The number of nitro groups is 1. The molecule has 0 aliphatic heterocycles. The lowest BCUT2D eigenvalue weighted by atomic mass is 9.75. The minimum atomic E-state index is -0.435. The van der Waals surface area contributed by atoms with Crippen molar-refractivity contribution < 1.29 is 9.72 Å². The summed E-state index contributed by atoms with van der Waals surface area (Å²) in [4.78, 5) is 27.0. The predicted molar refractivity (Wildman–Crippen MR) is 74.8 cm³/mol. The molecule has 5 nitrogen and oxygen atoms in total. The number of benzene rings is 1. The molecule has 1 heterocycles. The van der Waals surface area contributed by atoms with Crippen LogP contribution in [0.25, 0.3) is 10.9 Å². The summed E-state index contributed by atoms with van der Waals surface area (Å²) in [6.07, 6.45) is 1.23. The van der Waals surface area contributed by atoms with Gasteiger partial charge in [-0.2, -0.15) is 0 Å². The lowest BCUT2D eigenvalue weighted by Crippen LogP contribution is -2.27. The Morgan fingerprint density at radius 3 is 2.70 bits per heavy atom. The molecule has 102 valence electrons. The largest absolute Gasteiger partial charge is 0.294 e. The highest BCUT2D eigenvalue weighted by Gasteiger charge is 2.32. The molecular weight excluding hydrogens is 256 g/mol. The van der Waals surface area contributed by atoms with E-state index in [1.54, 1.807) is 12.1 Å². The summed E-state index contributed by atoms with van der Waals surface area (Å²) < 4.78 is 0. The number of fused-ring (bicyclic) bond motifs is 2. The summed E-state index contributed by atoms with van der Waals surface area (Å²) in [5.74, 6) is 0.101. The number of non-ortho nitro benzene ring substituents is 1. The Hall–Kier alpha value is -2.30. The molecule has 0 spiro atoms. The second kappa shape index (κ2) is 4.10. The molecule has 20 heavy (non-hydrogen) atoms. The molecule has 0 unspecified atom stereocenters. The molecule has 2 aromatic rings. The molecule has 3 rings (SSSR count). The molecule has 0 radical (unpaired) electrons. The molecule has 0 saturated carbocycles. The summed E-state index contributed by atoms with van der Waals surface area (Å²) in [6.45, 7) is 4.07. The van der Waals surface area contributed by atoms with Gasteiger partial charge < -0.3 is 0 Å². The van der Waals surface area contributed by atoms with Crippen LogP contribution in [-0.4, -0.2) is 15.7 Å². The number of ketones is 1. The highest BCUT2D eigenvalue weighted by Crippen LogP contribution is 2.35. The van der Waals surface area contributed by atoms with E-state index in [4.69, 9.17) is 0 Å². The van der Waals surface area contributed by atoms with Crippen LogP contribution in [0.1, 0.15) is 36.3 Å². The van der Waals surface area contributed by atoms with Crippen molar-refractivity contribution in [3.63, 3.8) is 0 Å². The number of nitro benzene ring substituents is 1. The van der Waals surface area contributed by atoms with Gasteiger partial charge in [-0.15, -0.1) is 0 Å². The average molecular weight is 270 g/mol. The van der Waals surface area contributed by atoms with Crippen molar-refractivity contribution in [1.82, 2.24) is 4.98 Å². The van der Waals surface area contributed by atoms with Gasteiger partial charge in [0.1, 0.15) is 0 Å². The zero-order valence-electron chi connectivity index (χ0n) is 11.3. The fourth-order valence-electron chi connectivity index (χ4n) is 2.73. The van der Waals surface area contributed by atoms with Crippen LogP contribution in [0.3, 0.4) is 0 Å². The molecule has 1 aliphatic carbocycles. The van der Waals surface area contributed by atoms with Gasteiger partial charge in [0.25, 0.3) is 5.69 Å². The van der Waals surface area contributed by atoms with Crippen molar-refractivity contribution in [1.29, 1.82) is 0 Å². The van der Waals surface area contributed by atoms with Crippen LogP contribution in [0.15, 0.2) is 24.3 Å². The summed E-state index contributed by atoms with van der Waals surface area (Å²) in [7, 11) is 0. The maximum atomic E-state index is 12.2. The Bertz CT molecular complexity index is 750. The molecular formula is C15H14N2O3.